The zero-order valence-corrected chi connectivity index (χ0v) is 23.5. The summed E-state index contributed by atoms with van der Waals surface area (Å²) in [6, 6.07) is 32.0. The summed E-state index contributed by atoms with van der Waals surface area (Å²) in [5.74, 6) is 2.18. The topological polar surface area (TPSA) is 30.5 Å². The van der Waals surface area contributed by atoms with Gasteiger partial charge >= 0.3 is 0 Å². The molecule has 38 heavy (non-hydrogen) atoms. The quantitative estimate of drug-likeness (QED) is 0.194. The molecule has 0 aliphatic rings. The van der Waals surface area contributed by atoms with Gasteiger partial charge in [-0.1, -0.05) is 117 Å². The summed E-state index contributed by atoms with van der Waals surface area (Å²) in [4.78, 5) is 6.31. The molecule has 198 valence electrons. The standard InChI is InChI=1S/C35H41NO2/c1-6-10-31-17-18-33(37-24-28-13-15-30(16-14-28)29-11-8-7-9-12-29)23-35(31)38-36-34(19-25(2)3)32-21-26(4)20-27(5)22-32/h7-9,11-18,20-23,25,34,36H,6,10,19,24H2,1-5H3. The first-order chi connectivity index (χ1) is 18.4. The molecule has 4 aromatic carbocycles. The van der Waals surface area contributed by atoms with Crippen LogP contribution in [0.1, 0.15) is 67.5 Å². The zero-order valence-electron chi connectivity index (χ0n) is 23.5. The fourth-order valence-electron chi connectivity index (χ4n) is 4.86. The van der Waals surface area contributed by atoms with Crippen LogP contribution in [0, 0.1) is 19.8 Å². The number of ether oxygens (including phenoxy) is 1. The second-order valence-corrected chi connectivity index (χ2v) is 10.7. The Morgan fingerprint density at radius 3 is 2.11 bits per heavy atom. The Balaban J connectivity index is 1.46. The molecule has 0 amide bonds. The molecule has 0 aliphatic carbocycles. The highest BCUT2D eigenvalue weighted by Gasteiger charge is 2.16. The van der Waals surface area contributed by atoms with Crippen LogP contribution in [0.25, 0.3) is 11.1 Å². The highest BCUT2D eigenvalue weighted by molar-refractivity contribution is 5.63. The molecule has 1 N–H and O–H groups in total. The highest BCUT2D eigenvalue weighted by atomic mass is 16.6. The van der Waals surface area contributed by atoms with Crippen molar-refractivity contribution in [3.8, 4) is 22.6 Å². The molecule has 0 saturated carbocycles. The molecule has 0 aromatic heterocycles. The van der Waals surface area contributed by atoms with Gasteiger partial charge in [-0.05, 0) is 66.5 Å². The van der Waals surface area contributed by atoms with E-state index in [2.05, 4.69) is 113 Å². The van der Waals surface area contributed by atoms with E-state index in [0.717, 1.165) is 36.3 Å². The van der Waals surface area contributed by atoms with E-state index >= 15 is 0 Å². The van der Waals surface area contributed by atoms with Crippen LogP contribution in [0.2, 0.25) is 0 Å². The molecule has 0 saturated heterocycles. The lowest BCUT2D eigenvalue weighted by Gasteiger charge is -2.23. The van der Waals surface area contributed by atoms with Crippen molar-refractivity contribution >= 4 is 0 Å². The molecule has 3 nitrogen and oxygen atoms in total. The van der Waals surface area contributed by atoms with Crippen molar-refractivity contribution in [1.82, 2.24) is 5.48 Å². The summed E-state index contributed by atoms with van der Waals surface area (Å²) in [6.45, 7) is 11.5. The van der Waals surface area contributed by atoms with Gasteiger partial charge in [0.25, 0.3) is 0 Å². The van der Waals surface area contributed by atoms with Gasteiger partial charge in [0.2, 0.25) is 0 Å². The van der Waals surface area contributed by atoms with Gasteiger partial charge in [-0.2, -0.15) is 0 Å². The van der Waals surface area contributed by atoms with Crippen LogP contribution < -0.4 is 15.1 Å². The van der Waals surface area contributed by atoms with E-state index in [1.165, 1.54) is 33.4 Å². The maximum absolute atomic E-state index is 6.31. The van der Waals surface area contributed by atoms with E-state index in [0.29, 0.717) is 12.5 Å². The van der Waals surface area contributed by atoms with Crippen LogP contribution in [-0.4, -0.2) is 0 Å². The van der Waals surface area contributed by atoms with Crippen LogP contribution >= 0.6 is 0 Å². The van der Waals surface area contributed by atoms with Gasteiger partial charge in [0.1, 0.15) is 12.4 Å². The van der Waals surface area contributed by atoms with E-state index in [9.17, 15) is 0 Å². The Morgan fingerprint density at radius 2 is 1.45 bits per heavy atom. The summed E-state index contributed by atoms with van der Waals surface area (Å²) in [6.07, 6.45) is 2.99. The molecular formula is C35H41NO2. The summed E-state index contributed by atoms with van der Waals surface area (Å²) in [7, 11) is 0. The van der Waals surface area contributed by atoms with Gasteiger partial charge in [0.15, 0.2) is 5.75 Å². The first-order valence-corrected chi connectivity index (χ1v) is 13.8. The van der Waals surface area contributed by atoms with Gasteiger partial charge in [-0.3, -0.25) is 0 Å². The lowest BCUT2D eigenvalue weighted by atomic mass is 9.95. The number of nitrogens with one attached hydrogen (secondary N) is 1. The number of hydrogen-bond donors (Lipinski definition) is 1. The van der Waals surface area contributed by atoms with Gasteiger partial charge in [0, 0.05) is 6.07 Å². The average Bonchev–Trinajstić information content (AvgIpc) is 2.91. The maximum Gasteiger partial charge on any atom is 0.154 e. The Bertz CT molecular complexity index is 1280. The molecule has 0 heterocycles. The predicted octanol–water partition coefficient (Wildman–Crippen LogP) is 9.17. The van der Waals surface area contributed by atoms with Crippen LogP contribution in [-0.2, 0) is 13.0 Å². The maximum atomic E-state index is 6.31. The van der Waals surface area contributed by atoms with Crippen molar-refractivity contribution < 1.29 is 9.57 Å². The molecule has 1 atom stereocenters. The largest absolute Gasteiger partial charge is 0.489 e. The third-order valence-corrected chi connectivity index (χ3v) is 6.69. The molecule has 0 bridgehead atoms. The third-order valence-electron chi connectivity index (χ3n) is 6.69. The molecule has 3 heteroatoms. The lowest BCUT2D eigenvalue weighted by Crippen LogP contribution is -2.27. The molecule has 0 aliphatic heterocycles. The monoisotopic (exact) mass is 507 g/mol. The molecule has 0 fully saturated rings. The van der Waals surface area contributed by atoms with E-state index in [-0.39, 0.29) is 6.04 Å². The number of rotatable bonds is 12. The summed E-state index contributed by atoms with van der Waals surface area (Å²) < 4.78 is 6.19. The second-order valence-electron chi connectivity index (χ2n) is 10.7. The Labute approximate surface area is 228 Å². The Kier molecular flexibility index (Phi) is 9.62. The average molecular weight is 508 g/mol. The summed E-state index contributed by atoms with van der Waals surface area (Å²) in [5, 5.41) is 0. The van der Waals surface area contributed by atoms with E-state index < -0.39 is 0 Å². The predicted molar refractivity (Wildman–Crippen MR) is 159 cm³/mol. The van der Waals surface area contributed by atoms with Crippen molar-refractivity contribution in [1.29, 1.82) is 0 Å². The first kappa shape index (κ1) is 27.5. The lowest BCUT2D eigenvalue weighted by molar-refractivity contribution is 0.140. The summed E-state index contributed by atoms with van der Waals surface area (Å²) >= 11 is 0. The number of hydroxylamine groups is 1. The second kappa shape index (κ2) is 13.3. The molecule has 4 aromatic rings. The van der Waals surface area contributed by atoms with Crippen LogP contribution in [0.3, 0.4) is 0 Å². The minimum atomic E-state index is 0.107. The number of hydrogen-bond acceptors (Lipinski definition) is 3. The zero-order chi connectivity index (χ0) is 26.9. The fraction of sp³-hybridized carbons (Fsp3) is 0.314. The van der Waals surface area contributed by atoms with Crippen molar-refractivity contribution in [2.45, 2.75) is 66.5 Å². The van der Waals surface area contributed by atoms with E-state index in [4.69, 9.17) is 9.57 Å². The van der Waals surface area contributed by atoms with Gasteiger partial charge in [0.05, 0.1) is 6.04 Å². The van der Waals surface area contributed by atoms with Crippen LogP contribution in [0.15, 0.2) is 91.0 Å². The SMILES string of the molecule is CCCc1ccc(OCc2ccc(-c3ccccc3)cc2)cc1ONC(CC(C)C)c1cc(C)cc(C)c1. The minimum absolute atomic E-state index is 0.107. The Morgan fingerprint density at radius 1 is 0.763 bits per heavy atom. The van der Waals surface area contributed by atoms with E-state index in [1.807, 2.05) is 18.2 Å². The minimum Gasteiger partial charge on any atom is -0.489 e. The van der Waals surface area contributed by atoms with Crippen LogP contribution in [0.5, 0.6) is 11.5 Å². The van der Waals surface area contributed by atoms with Crippen molar-refractivity contribution in [2.75, 3.05) is 0 Å². The number of benzene rings is 4. The first-order valence-electron chi connectivity index (χ1n) is 13.8. The van der Waals surface area contributed by atoms with Gasteiger partial charge < -0.3 is 9.57 Å². The summed E-state index contributed by atoms with van der Waals surface area (Å²) in [5.41, 5.74) is 12.0. The van der Waals surface area contributed by atoms with Crippen LogP contribution in [0.4, 0.5) is 0 Å². The molecule has 4 rings (SSSR count). The van der Waals surface area contributed by atoms with Crippen molar-refractivity contribution in [3.63, 3.8) is 0 Å². The number of aryl methyl sites for hydroxylation is 3. The fourth-order valence-corrected chi connectivity index (χ4v) is 4.86. The molecular weight excluding hydrogens is 466 g/mol. The molecule has 0 radical (unpaired) electrons. The third kappa shape index (κ3) is 7.72. The molecule has 0 spiro atoms. The normalized spacial score (nSPS) is 11.9. The van der Waals surface area contributed by atoms with Crippen molar-refractivity contribution in [2.24, 2.45) is 5.92 Å². The van der Waals surface area contributed by atoms with Crippen molar-refractivity contribution in [3.05, 3.63) is 119 Å². The molecule has 1 unspecified atom stereocenters. The highest BCUT2D eigenvalue weighted by Crippen LogP contribution is 2.29. The smallest absolute Gasteiger partial charge is 0.154 e. The van der Waals surface area contributed by atoms with Gasteiger partial charge in [-0.15, -0.1) is 5.48 Å². The van der Waals surface area contributed by atoms with Gasteiger partial charge in [-0.25, -0.2) is 0 Å². The Hall–Kier alpha value is -3.56. The van der Waals surface area contributed by atoms with E-state index in [1.54, 1.807) is 0 Å².